The summed E-state index contributed by atoms with van der Waals surface area (Å²) in [6.45, 7) is -0.193. The minimum atomic E-state index is -1.52. The first-order valence-electron chi connectivity index (χ1n) is 10.6. The van der Waals surface area contributed by atoms with E-state index >= 15 is 0 Å². The molecular formula is C24H26N2O8. The Morgan fingerprint density at radius 3 is 2.03 bits per heavy atom. The number of ether oxygens (including phenoxy) is 3. The van der Waals surface area contributed by atoms with E-state index in [1.165, 1.54) is 7.11 Å². The molecule has 0 bridgehead atoms. The summed E-state index contributed by atoms with van der Waals surface area (Å²) in [5, 5.41) is 13.9. The molecule has 3 N–H and O–H groups in total. The van der Waals surface area contributed by atoms with Crippen LogP contribution in [0.3, 0.4) is 0 Å². The molecule has 180 valence electrons. The van der Waals surface area contributed by atoms with Gasteiger partial charge in [0.05, 0.1) is 20.1 Å². The lowest BCUT2D eigenvalue weighted by atomic mass is 9.98. The van der Waals surface area contributed by atoms with Gasteiger partial charge in [0, 0.05) is 13.0 Å². The summed E-state index contributed by atoms with van der Waals surface area (Å²) in [7, 11) is 2.43. The maximum Gasteiger partial charge on any atom is 0.407 e. The van der Waals surface area contributed by atoms with Crippen molar-refractivity contribution in [2.45, 2.75) is 24.4 Å². The SMILES string of the molecule is COCC(NC(=O)OCC1c2ccccc2-c2ccccc21)C(=O)N[C@@H](CC(=O)OC)C(=O)O. The Morgan fingerprint density at radius 2 is 1.50 bits per heavy atom. The van der Waals surface area contributed by atoms with Crippen LogP contribution in [0.25, 0.3) is 11.1 Å². The number of aliphatic carboxylic acids is 1. The molecule has 0 spiro atoms. The van der Waals surface area contributed by atoms with Gasteiger partial charge in [-0.2, -0.15) is 0 Å². The van der Waals surface area contributed by atoms with Crippen LogP contribution in [0, 0.1) is 0 Å². The second-order valence-electron chi connectivity index (χ2n) is 7.66. The second-order valence-corrected chi connectivity index (χ2v) is 7.66. The lowest BCUT2D eigenvalue weighted by molar-refractivity contribution is -0.149. The Bertz CT molecular complexity index is 1020. The summed E-state index contributed by atoms with van der Waals surface area (Å²) in [5.41, 5.74) is 4.23. The number of amides is 2. The summed E-state index contributed by atoms with van der Waals surface area (Å²) in [5.74, 6) is -3.23. The summed E-state index contributed by atoms with van der Waals surface area (Å²) in [6.07, 6.45) is -1.43. The van der Waals surface area contributed by atoms with Crippen LogP contribution in [0.15, 0.2) is 48.5 Å². The Balaban J connectivity index is 1.63. The number of fused-ring (bicyclic) bond motifs is 3. The number of esters is 1. The molecule has 2 amide bonds. The summed E-state index contributed by atoms with van der Waals surface area (Å²) in [6, 6.07) is 13.0. The number of carbonyl (C=O) groups excluding carboxylic acids is 3. The number of rotatable bonds is 10. The molecule has 0 heterocycles. The van der Waals surface area contributed by atoms with E-state index in [0.29, 0.717) is 0 Å². The van der Waals surface area contributed by atoms with Crippen LogP contribution in [0.2, 0.25) is 0 Å². The van der Waals surface area contributed by atoms with Gasteiger partial charge in [-0.15, -0.1) is 0 Å². The minimum absolute atomic E-state index is 0.0429. The van der Waals surface area contributed by atoms with Crippen molar-refractivity contribution in [2.24, 2.45) is 0 Å². The first-order valence-corrected chi connectivity index (χ1v) is 10.6. The van der Waals surface area contributed by atoms with Crippen molar-refractivity contribution in [1.29, 1.82) is 0 Å². The predicted octanol–water partition coefficient (Wildman–Crippen LogP) is 1.67. The molecular weight excluding hydrogens is 444 g/mol. The monoisotopic (exact) mass is 470 g/mol. The molecule has 2 aromatic carbocycles. The van der Waals surface area contributed by atoms with Crippen LogP contribution < -0.4 is 10.6 Å². The third kappa shape index (κ3) is 5.70. The third-order valence-electron chi connectivity index (χ3n) is 5.50. The fraction of sp³-hybridized carbons (Fsp3) is 0.333. The first-order chi connectivity index (χ1) is 16.3. The standard InChI is InChI=1S/C24H26N2O8/c1-32-13-20(22(28)25-19(23(29)30)11-21(27)33-2)26-24(31)34-12-18-16-9-5-3-7-14(16)15-8-4-6-10-17(15)18/h3-10,18-20H,11-13H2,1-2H3,(H,25,28)(H,26,31)(H,29,30)/t19-,20?/m0/s1. The zero-order valence-corrected chi connectivity index (χ0v) is 18.8. The normalized spacial score (nSPS) is 13.7. The highest BCUT2D eigenvalue weighted by Gasteiger charge is 2.31. The number of carboxylic acids is 1. The van der Waals surface area contributed by atoms with Gasteiger partial charge in [0.25, 0.3) is 0 Å². The second kappa shape index (κ2) is 11.3. The van der Waals surface area contributed by atoms with E-state index in [1.54, 1.807) is 0 Å². The van der Waals surface area contributed by atoms with Crippen LogP contribution in [-0.4, -0.2) is 68.6 Å². The minimum Gasteiger partial charge on any atom is -0.480 e. The lowest BCUT2D eigenvalue weighted by Crippen LogP contribution is -2.54. The van der Waals surface area contributed by atoms with Crippen molar-refractivity contribution >= 4 is 23.9 Å². The van der Waals surface area contributed by atoms with E-state index in [1.807, 2.05) is 48.5 Å². The Hall–Kier alpha value is -3.92. The van der Waals surface area contributed by atoms with E-state index in [-0.39, 0.29) is 19.1 Å². The number of methoxy groups -OCH3 is 2. The van der Waals surface area contributed by atoms with Crippen molar-refractivity contribution in [2.75, 3.05) is 27.4 Å². The van der Waals surface area contributed by atoms with Gasteiger partial charge in [-0.25, -0.2) is 9.59 Å². The molecule has 0 saturated carbocycles. The van der Waals surface area contributed by atoms with Gasteiger partial charge in [-0.05, 0) is 22.3 Å². The number of alkyl carbamates (subject to hydrolysis) is 1. The maximum absolute atomic E-state index is 12.6. The largest absolute Gasteiger partial charge is 0.480 e. The van der Waals surface area contributed by atoms with E-state index in [0.717, 1.165) is 29.4 Å². The number of hydrogen-bond donors (Lipinski definition) is 3. The van der Waals surface area contributed by atoms with Crippen molar-refractivity contribution in [3.8, 4) is 11.1 Å². The molecule has 0 saturated heterocycles. The Kier molecular flexibility index (Phi) is 8.20. The number of carbonyl (C=O) groups is 4. The molecule has 1 aliphatic carbocycles. The Labute approximate surface area is 196 Å². The van der Waals surface area contributed by atoms with E-state index in [2.05, 4.69) is 15.4 Å². The van der Waals surface area contributed by atoms with Crippen LogP contribution in [0.5, 0.6) is 0 Å². The zero-order valence-electron chi connectivity index (χ0n) is 18.8. The molecule has 2 atom stereocenters. The quantitative estimate of drug-likeness (QED) is 0.446. The van der Waals surface area contributed by atoms with Gasteiger partial charge < -0.3 is 30.0 Å². The highest BCUT2D eigenvalue weighted by Crippen LogP contribution is 2.44. The molecule has 0 radical (unpaired) electrons. The van der Waals surface area contributed by atoms with E-state index < -0.39 is 42.4 Å². The highest BCUT2D eigenvalue weighted by atomic mass is 16.5. The fourth-order valence-corrected chi connectivity index (χ4v) is 3.85. The van der Waals surface area contributed by atoms with Gasteiger partial charge in [-0.1, -0.05) is 48.5 Å². The number of hydrogen-bond acceptors (Lipinski definition) is 7. The molecule has 0 fully saturated rings. The predicted molar refractivity (Wildman–Crippen MR) is 120 cm³/mol. The molecule has 1 unspecified atom stereocenters. The first kappa shape index (κ1) is 24.7. The van der Waals surface area contributed by atoms with Crippen LogP contribution in [0.4, 0.5) is 4.79 Å². The van der Waals surface area contributed by atoms with Crippen molar-refractivity contribution in [1.82, 2.24) is 10.6 Å². The van der Waals surface area contributed by atoms with E-state index in [4.69, 9.17) is 9.47 Å². The van der Waals surface area contributed by atoms with Crippen LogP contribution >= 0.6 is 0 Å². The molecule has 1 aliphatic rings. The molecule has 3 rings (SSSR count). The topological polar surface area (TPSA) is 140 Å². The average molecular weight is 470 g/mol. The number of carboxylic acid groups (broad SMARTS) is 1. The van der Waals surface area contributed by atoms with E-state index in [9.17, 15) is 24.3 Å². The number of nitrogens with one attached hydrogen (secondary N) is 2. The van der Waals surface area contributed by atoms with Crippen molar-refractivity contribution in [3.05, 3.63) is 59.7 Å². The molecule has 0 aliphatic heterocycles. The highest BCUT2D eigenvalue weighted by molar-refractivity contribution is 5.91. The molecule has 0 aromatic heterocycles. The summed E-state index contributed by atoms with van der Waals surface area (Å²) < 4.78 is 14.8. The molecule has 2 aromatic rings. The van der Waals surface area contributed by atoms with Crippen molar-refractivity contribution < 1.29 is 38.5 Å². The average Bonchev–Trinajstić information content (AvgIpc) is 3.15. The van der Waals surface area contributed by atoms with Gasteiger partial charge >= 0.3 is 18.0 Å². The summed E-state index contributed by atoms with van der Waals surface area (Å²) >= 11 is 0. The van der Waals surface area contributed by atoms with Crippen LogP contribution in [0.1, 0.15) is 23.5 Å². The molecule has 10 heteroatoms. The van der Waals surface area contributed by atoms with Gasteiger partial charge in [0.2, 0.25) is 5.91 Å². The number of benzene rings is 2. The van der Waals surface area contributed by atoms with Crippen molar-refractivity contribution in [3.63, 3.8) is 0 Å². The Morgan fingerprint density at radius 1 is 0.912 bits per heavy atom. The van der Waals surface area contributed by atoms with Crippen LogP contribution in [-0.2, 0) is 28.6 Å². The molecule has 34 heavy (non-hydrogen) atoms. The lowest BCUT2D eigenvalue weighted by Gasteiger charge is -2.21. The van der Waals surface area contributed by atoms with Gasteiger partial charge in [0.15, 0.2) is 0 Å². The third-order valence-corrected chi connectivity index (χ3v) is 5.50. The molecule has 10 nitrogen and oxygen atoms in total. The fourth-order valence-electron chi connectivity index (χ4n) is 3.85. The summed E-state index contributed by atoms with van der Waals surface area (Å²) in [4.78, 5) is 47.9. The maximum atomic E-state index is 12.6. The van der Waals surface area contributed by atoms with Gasteiger partial charge in [0.1, 0.15) is 18.7 Å². The van der Waals surface area contributed by atoms with Gasteiger partial charge in [-0.3, -0.25) is 9.59 Å². The zero-order chi connectivity index (χ0) is 24.7. The smallest absolute Gasteiger partial charge is 0.407 e.